The molecule has 0 radical (unpaired) electrons. The zero-order valence-electron chi connectivity index (χ0n) is 34.6. The van der Waals surface area contributed by atoms with Gasteiger partial charge in [-0.25, -0.2) is 22.6 Å². The normalized spacial score (nSPS) is 28.6. The van der Waals surface area contributed by atoms with Crippen molar-refractivity contribution in [2.75, 3.05) is 20.3 Å². The molecule has 15 nitrogen and oxygen atoms in total. The Morgan fingerprint density at radius 2 is 1.87 bits per heavy atom. The number of halogens is 4. The van der Waals surface area contributed by atoms with Crippen molar-refractivity contribution in [2.24, 2.45) is 17.8 Å². The molecule has 6 rings (SSSR count). The van der Waals surface area contributed by atoms with Gasteiger partial charge in [0, 0.05) is 23.9 Å². The highest BCUT2D eigenvalue weighted by atomic mass is 32.2. The lowest BCUT2D eigenvalue weighted by Gasteiger charge is -2.35. The van der Waals surface area contributed by atoms with E-state index in [-0.39, 0.29) is 55.2 Å². The maximum atomic E-state index is 14.9. The summed E-state index contributed by atoms with van der Waals surface area (Å²) in [4.78, 5) is 61.6. The number of nitrogens with zero attached hydrogens (tertiary/aromatic N) is 2. The van der Waals surface area contributed by atoms with Crippen LogP contribution in [0.3, 0.4) is 0 Å². The number of alkyl halides is 3. The summed E-state index contributed by atoms with van der Waals surface area (Å²) < 4.78 is 99.2. The molecule has 2 saturated carbocycles. The fraction of sp³-hybridized carbons (Fsp3) is 0.634. The van der Waals surface area contributed by atoms with Crippen molar-refractivity contribution < 1.29 is 64.5 Å². The highest BCUT2D eigenvalue weighted by molar-refractivity contribution is 7.91. The van der Waals surface area contributed by atoms with E-state index in [0.29, 0.717) is 44.9 Å². The van der Waals surface area contributed by atoms with Crippen LogP contribution in [0.25, 0.3) is 10.8 Å². The summed E-state index contributed by atoms with van der Waals surface area (Å²) in [7, 11) is -2.94. The van der Waals surface area contributed by atoms with E-state index in [0.717, 1.165) is 0 Å². The highest BCUT2D eigenvalue weighted by Gasteiger charge is 2.59. The van der Waals surface area contributed by atoms with Gasteiger partial charge < -0.3 is 34.9 Å². The van der Waals surface area contributed by atoms with Gasteiger partial charge in [-0.2, -0.15) is 13.2 Å². The third kappa shape index (κ3) is 9.69. The number of allylic oxidation sites excluding steroid dienone is 1. The van der Waals surface area contributed by atoms with Gasteiger partial charge >= 0.3 is 12.3 Å². The Hall–Kier alpha value is -4.72. The Bertz CT molecular complexity index is 2170. The lowest BCUT2D eigenvalue weighted by molar-refractivity contribution is -0.244. The first kappa shape index (κ1) is 45.8. The summed E-state index contributed by atoms with van der Waals surface area (Å²) in [5, 5.41) is 15.8. The van der Waals surface area contributed by atoms with Crippen molar-refractivity contribution in [3.05, 3.63) is 42.4 Å². The number of benzene rings is 1. The monoisotopic (exact) mass is 883 g/mol. The van der Waals surface area contributed by atoms with E-state index in [4.69, 9.17) is 14.2 Å². The van der Waals surface area contributed by atoms with E-state index in [2.05, 4.69) is 20.3 Å². The lowest BCUT2D eigenvalue weighted by Crippen LogP contribution is -2.58. The number of aliphatic hydroxyl groups excluding tert-OH is 1. The molecule has 2 aliphatic carbocycles. The minimum atomic E-state index is -4.94. The molecule has 20 heteroatoms. The SMILES string of the molecule is CC[C@@H]1C[C@@H](C)CC/C=C\[C@@H]2C[C@@]2(CC(=O)NS(=O)(=O)C2(CO)CC2)NC(=O)[C@@H]2CC(Oc3nccc4cc(OC)c(F)cc34)CN2C(=O)[C@H]1NC(=O)OC(C)(C)C(F)(F)F. The summed E-state index contributed by atoms with van der Waals surface area (Å²) in [6, 6.07) is 1.43. The quantitative estimate of drug-likeness (QED) is 0.178. The average molecular weight is 884 g/mol. The van der Waals surface area contributed by atoms with Gasteiger partial charge in [-0.3, -0.25) is 19.1 Å². The number of ether oxygens (including phenoxy) is 3. The highest BCUT2D eigenvalue weighted by Crippen LogP contribution is 2.49. The van der Waals surface area contributed by atoms with E-state index in [9.17, 15) is 50.3 Å². The Labute approximate surface area is 351 Å². The zero-order valence-corrected chi connectivity index (χ0v) is 35.5. The molecule has 4 aliphatic rings. The molecule has 4 amide bonds. The standard InChI is InChI=1S/C41H53F4N5O10S/c1-6-24-15-23(2)9-7-8-10-26-19-40(26,20-32(52)49-61(56,57)39(22-51)12-13-39)48-34(53)30-17-27(59-35-28-18-29(42)31(58-5)16-25(28)11-14-46-35)21-50(30)36(54)33(24)47-37(55)60-38(3,4)41(43,44)45/h8,10-11,14,16,18,23-24,26-27,30,33,51H,6-7,9,12-13,15,17,19-22H2,1-5H3,(H,47,55)(H,48,53)(H,49,52)/b10-8-/t23-,24+,26+,27?,30-,33-,40-/m0/s1. The maximum Gasteiger partial charge on any atom is 0.427 e. The third-order valence-corrected chi connectivity index (χ3v) is 14.7. The second-order valence-corrected chi connectivity index (χ2v) is 19.4. The predicted molar refractivity (Wildman–Crippen MR) is 212 cm³/mol. The molecule has 7 atom stereocenters. The molecule has 1 aromatic carbocycles. The van der Waals surface area contributed by atoms with Crippen LogP contribution in [0, 0.1) is 23.6 Å². The molecule has 3 heterocycles. The number of aromatic nitrogens is 1. The molecular formula is C41H53F4N5O10S. The number of alkyl carbamates (subject to hydrolysis) is 1. The summed E-state index contributed by atoms with van der Waals surface area (Å²) in [5.74, 6) is -4.26. The Kier molecular flexibility index (Phi) is 12.9. The number of carbonyl (C=O) groups is 4. The summed E-state index contributed by atoms with van der Waals surface area (Å²) in [5.41, 5.74) is -4.18. The van der Waals surface area contributed by atoms with Crippen LogP contribution in [0.4, 0.5) is 22.4 Å². The van der Waals surface area contributed by atoms with Crippen molar-refractivity contribution in [3.63, 3.8) is 0 Å². The van der Waals surface area contributed by atoms with Gasteiger partial charge in [0.15, 0.2) is 11.6 Å². The third-order valence-electron chi connectivity index (χ3n) is 12.5. The van der Waals surface area contributed by atoms with Gasteiger partial charge in [-0.1, -0.05) is 32.4 Å². The summed E-state index contributed by atoms with van der Waals surface area (Å²) in [6.07, 6.45) is -0.415. The molecule has 3 fully saturated rings. The maximum absolute atomic E-state index is 14.9. The van der Waals surface area contributed by atoms with Gasteiger partial charge in [0.05, 0.1) is 32.2 Å². The van der Waals surface area contributed by atoms with Crippen molar-refractivity contribution in [2.45, 2.75) is 126 Å². The number of pyridine rings is 1. The minimum absolute atomic E-state index is 0.0226. The Morgan fingerprint density at radius 1 is 1.15 bits per heavy atom. The number of carbonyl (C=O) groups excluding carboxylic acids is 4. The van der Waals surface area contributed by atoms with Gasteiger partial charge in [0.1, 0.15) is 22.9 Å². The van der Waals surface area contributed by atoms with Crippen LogP contribution in [0.2, 0.25) is 0 Å². The number of nitrogens with one attached hydrogen (secondary N) is 3. The van der Waals surface area contributed by atoms with Gasteiger partial charge in [-0.05, 0) is 87.8 Å². The largest absolute Gasteiger partial charge is 0.494 e. The minimum Gasteiger partial charge on any atom is -0.494 e. The smallest absolute Gasteiger partial charge is 0.427 e. The fourth-order valence-corrected chi connectivity index (χ4v) is 9.69. The van der Waals surface area contributed by atoms with E-state index in [1.54, 1.807) is 13.0 Å². The van der Waals surface area contributed by atoms with Crippen molar-refractivity contribution >= 4 is 44.6 Å². The first-order chi connectivity index (χ1) is 28.6. The van der Waals surface area contributed by atoms with Crippen molar-refractivity contribution in [1.29, 1.82) is 0 Å². The van der Waals surface area contributed by atoms with Crippen LogP contribution >= 0.6 is 0 Å². The zero-order chi connectivity index (χ0) is 44.7. The first-order valence-electron chi connectivity index (χ1n) is 20.4. The number of methoxy groups -OCH3 is 1. The van der Waals surface area contributed by atoms with E-state index >= 15 is 0 Å². The first-order valence-corrected chi connectivity index (χ1v) is 21.9. The van der Waals surface area contributed by atoms with Crippen LogP contribution in [-0.4, -0.2) is 108 Å². The van der Waals surface area contributed by atoms with E-state index in [1.165, 1.54) is 30.3 Å². The number of sulfonamides is 1. The molecule has 336 valence electrons. The second kappa shape index (κ2) is 17.2. The topological polar surface area (TPSA) is 203 Å². The number of amides is 4. The molecule has 4 N–H and O–H groups in total. The summed E-state index contributed by atoms with van der Waals surface area (Å²) >= 11 is 0. The number of hydrogen-bond donors (Lipinski definition) is 4. The molecular weight excluding hydrogens is 831 g/mol. The second-order valence-electron chi connectivity index (χ2n) is 17.3. The van der Waals surface area contributed by atoms with Gasteiger partial charge in [0.25, 0.3) is 0 Å². The van der Waals surface area contributed by atoms with Gasteiger partial charge in [0.2, 0.25) is 39.2 Å². The lowest BCUT2D eigenvalue weighted by atomic mass is 9.85. The van der Waals surface area contributed by atoms with Crippen LogP contribution in [0.15, 0.2) is 36.5 Å². The van der Waals surface area contributed by atoms with E-state index < -0.39 is 105 Å². The van der Waals surface area contributed by atoms with Crippen LogP contribution in [0.5, 0.6) is 11.6 Å². The Morgan fingerprint density at radius 3 is 2.51 bits per heavy atom. The molecule has 2 aromatic rings. The summed E-state index contributed by atoms with van der Waals surface area (Å²) in [6.45, 7) is 4.12. The van der Waals surface area contributed by atoms with Gasteiger partial charge in [-0.15, -0.1) is 0 Å². The van der Waals surface area contributed by atoms with Crippen LogP contribution in [0.1, 0.15) is 85.5 Å². The van der Waals surface area contributed by atoms with Crippen LogP contribution in [-0.2, 0) is 29.1 Å². The van der Waals surface area contributed by atoms with Crippen molar-refractivity contribution in [3.8, 4) is 11.6 Å². The molecule has 1 aromatic heterocycles. The van der Waals surface area contributed by atoms with Crippen molar-refractivity contribution in [1.82, 2.24) is 25.2 Å². The molecule has 61 heavy (non-hydrogen) atoms. The number of fused-ring (bicyclic) bond motifs is 3. The fourth-order valence-electron chi connectivity index (χ4n) is 8.29. The molecule has 0 bridgehead atoms. The number of rotatable bonds is 11. The average Bonchev–Trinajstić information content (AvgIpc) is 4.07. The number of aliphatic hydroxyl groups is 1. The Balaban J connectivity index is 1.35. The van der Waals surface area contributed by atoms with Crippen LogP contribution < -0.4 is 24.8 Å². The number of hydrogen-bond acceptors (Lipinski definition) is 11. The molecule has 1 unspecified atom stereocenters. The predicted octanol–water partition coefficient (Wildman–Crippen LogP) is 4.80. The molecule has 1 saturated heterocycles. The molecule has 2 aliphatic heterocycles. The molecule has 0 spiro atoms. The van der Waals surface area contributed by atoms with E-state index in [1.807, 2.05) is 19.1 Å².